The third kappa shape index (κ3) is 4.59. The van der Waals surface area contributed by atoms with Crippen molar-refractivity contribution in [2.45, 2.75) is 31.4 Å². The van der Waals surface area contributed by atoms with Gasteiger partial charge in [0.2, 0.25) is 0 Å². The fourth-order valence-corrected chi connectivity index (χ4v) is 4.65. The Kier molecular flexibility index (Phi) is 5.92. The smallest absolute Gasteiger partial charge is 0.194 e. The quantitative estimate of drug-likeness (QED) is 0.610. The predicted molar refractivity (Wildman–Crippen MR) is 101 cm³/mol. The molecule has 0 spiro atoms. The van der Waals surface area contributed by atoms with Crippen molar-refractivity contribution in [3.8, 4) is 0 Å². The number of hydrogen-bond acceptors (Lipinski definition) is 5. The Morgan fingerprint density at radius 3 is 2.96 bits per heavy atom. The zero-order valence-corrected chi connectivity index (χ0v) is 16.4. The van der Waals surface area contributed by atoms with Crippen molar-refractivity contribution in [2.24, 2.45) is 10.9 Å². The van der Waals surface area contributed by atoms with Gasteiger partial charge in [0.1, 0.15) is 5.76 Å². The number of guanidine groups is 1. The van der Waals surface area contributed by atoms with Crippen molar-refractivity contribution in [2.75, 3.05) is 45.1 Å². The first kappa shape index (κ1) is 19.2. The van der Waals surface area contributed by atoms with E-state index in [1.165, 1.54) is 0 Å². The normalized spacial score (nSPS) is 25.4. The van der Waals surface area contributed by atoms with Crippen molar-refractivity contribution in [3.05, 3.63) is 24.2 Å². The van der Waals surface area contributed by atoms with Crippen LogP contribution in [0.4, 0.5) is 0 Å². The highest BCUT2D eigenvalue weighted by atomic mass is 32.2. The molecule has 2 aliphatic rings. The lowest BCUT2D eigenvalue weighted by Crippen LogP contribution is -2.57. The molecule has 0 amide bonds. The largest absolute Gasteiger partial charge is 0.469 e. The minimum absolute atomic E-state index is 0.158. The van der Waals surface area contributed by atoms with E-state index in [4.69, 9.17) is 14.1 Å². The maximum absolute atomic E-state index is 12.3. The van der Waals surface area contributed by atoms with Gasteiger partial charge >= 0.3 is 0 Å². The van der Waals surface area contributed by atoms with E-state index in [-0.39, 0.29) is 5.75 Å². The molecule has 2 aliphatic heterocycles. The Balaban J connectivity index is 1.66. The van der Waals surface area contributed by atoms with Crippen LogP contribution in [0.15, 0.2) is 27.8 Å². The lowest BCUT2D eigenvalue weighted by molar-refractivity contribution is 0.187. The molecule has 1 N–H and O–H groups in total. The summed E-state index contributed by atoms with van der Waals surface area (Å²) >= 11 is 0. The van der Waals surface area contributed by atoms with Crippen LogP contribution in [0.5, 0.6) is 0 Å². The topological polar surface area (TPSA) is 84.1 Å². The van der Waals surface area contributed by atoms with Crippen LogP contribution >= 0.6 is 0 Å². The van der Waals surface area contributed by atoms with Gasteiger partial charge in [-0.15, -0.1) is 0 Å². The van der Waals surface area contributed by atoms with Crippen LogP contribution in [0, 0.1) is 5.92 Å². The van der Waals surface area contributed by atoms with Gasteiger partial charge in [-0.05, 0) is 32.4 Å². The summed E-state index contributed by atoms with van der Waals surface area (Å²) < 4.78 is 34.6. The molecule has 3 heterocycles. The molecule has 0 aromatic carbocycles. The summed E-state index contributed by atoms with van der Waals surface area (Å²) in [5.41, 5.74) is 0. The number of nitrogens with one attached hydrogen (secondary N) is 1. The Hall–Kier alpha value is -1.54. The van der Waals surface area contributed by atoms with E-state index < -0.39 is 14.6 Å². The second-order valence-corrected chi connectivity index (χ2v) is 10.4. The number of aliphatic imine (C=N–C) groups is 1. The Bertz CT molecular complexity index is 707. The van der Waals surface area contributed by atoms with E-state index >= 15 is 0 Å². The van der Waals surface area contributed by atoms with Gasteiger partial charge in [-0.1, -0.05) is 0 Å². The van der Waals surface area contributed by atoms with Gasteiger partial charge in [-0.2, -0.15) is 0 Å². The molecule has 1 atom stereocenters. The summed E-state index contributed by atoms with van der Waals surface area (Å²) in [5.74, 6) is 2.30. The first-order chi connectivity index (χ1) is 12.4. The average Bonchev–Trinajstić information content (AvgIpc) is 3.27. The number of hydrogen-bond donors (Lipinski definition) is 1. The molecule has 26 heavy (non-hydrogen) atoms. The monoisotopic (exact) mass is 383 g/mol. The van der Waals surface area contributed by atoms with Crippen LogP contribution in [0.25, 0.3) is 0 Å². The zero-order valence-electron chi connectivity index (χ0n) is 15.6. The van der Waals surface area contributed by atoms with E-state index in [0.29, 0.717) is 32.1 Å². The van der Waals surface area contributed by atoms with Gasteiger partial charge in [0.15, 0.2) is 15.8 Å². The van der Waals surface area contributed by atoms with Crippen LogP contribution < -0.4 is 5.32 Å². The van der Waals surface area contributed by atoms with Crippen LogP contribution in [-0.2, 0) is 21.0 Å². The van der Waals surface area contributed by atoms with Gasteiger partial charge < -0.3 is 19.4 Å². The molecule has 7 nitrogen and oxygen atoms in total. The number of furan rings is 1. The van der Waals surface area contributed by atoms with Crippen molar-refractivity contribution < 1.29 is 17.6 Å². The molecule has 0 radical (unpaired) electrons. The highest BCUT2D eigenvalue weighted by Crippen LogP contribution is 2.24. The van der Waals surface area contributed by atoms with Crippen LogP contribution in [-0.4, -0.2) is 69.2 Å². The fourth-order valence-electron chi connectivity index (χ4n) is 3.29. The second-order valence-electron chi connectivity index (χ2n) is 7.65. The second kappa shape index (κ2) is 8.00. The summed E-state index contributed by atoms with van der Waals surface area (Å²) in [6.45, 7) is 7.45. The van der Waals surface area contributed by atoms with Crippen molar-refractivity contribution in [1.29, 1.82) is 0 Å². The Labute approximate surface area is 155 Å². The molecule has 2 saturated heterocycles. The van der Waals surface area contributed by atoms with Gasteiger partial charge in [-0.3, -0.25) is 4.99 Å². The zero-order chi connectivity index (χ0) is 18.6. The maximum Gasteiger partial charge on any atom is 0.194 e. The van der Waals surface area contributed by atoms with Gasteiger partial charge in [-0.25, -0.2) is 8.42 Å². The van der Waals surface area contributed by atoms with E-state index in [0.717, 1.165) is 37.8 Å². The molecule has 1 aromatic rings. The van der Waals surface area contributed by atoms with E-state index in [9.17, 15) is 8.42 Å². The molecule has 146 valence electrons. The van der Waals surface area contributed by atoms with Crippen LogP contribution in [0.3, 0.4) is 0 Å². The molecule has 2 fully saturated rings. The Morgan fingerprint density at radius 2 is 2.31 bits per heavy atom. The van der Waals surface area contributed by atoms with Gasteiger partial charge in [0.25, 0.3) is 0 Å². The lowest BCUT2D eigenvalue weighted by atomic mass is 10.1. The molecule has 1 unspecified atom stereocenters. The third-order valence-corrected chi connectivity index (χ3v) is 7.63. The molecule has 1 aromatic heterocycles. The van der Waals surface area contributed by atoms with E-state index in [1.54, 1.807) is 20.1 Å². The minimum Gasteiger partial charge on any atom is -0.469 e. The van der Waals surface area contributed by atoms with E-state index in [2.05, 4.69) is 10.2 Å². The molecular weight excluding hydrogens is 354 g/mol. The SMILES string of the molecule is CC1(C)CN(C(=NCC2CCOC2)NCCc2ccco2)CCS1(=O)=O. The Morgan fingerprint density at radius 1 is 1.46 bits per heavy atom. The van der Waals surface area contributed by atoms with Crippen LogP contribution in [0.1, 0.15) is 26.0 Å². The van der Waals surface area contributed by atoms with Crippen molar-refractivity contribution in [1.82, 2.24) is 10.2 Å². The molecule has 8 heteroatoms. The average molecular weight is 384 g/mol. The molecular formula is C18H29N3O4S. The van der Waals surface area contributed by atoms with Gasteiger partial charge in [0, 0.05) is 45.1 Å². The predicted octanol–water partition coefficient (Wildman–Crippen LogP) is 1.31. The lowest BCUT2D eigenvalue weighted by Gasteiger charge is -2.39. The van der Waals surface area contributed by atoms with Crippen LogP contribution in [0.2, 0.25) is 0 Å². The minimum atomic E-state index is -3.07. The number of rotatable bonds is 5. The fraction of sp³-hybridized carbons (Fsp3) is 0.722. The summed E-state index contributed by atoms with van der Waals surface area (Å²) in [4.78, 5) is 6.86. The van der Waals surface area contributed by atoms with Crippen molar-refractivity contribution >= 4 is 15.8 Å². The summed E-state index contributed by atoms with van der Waals surface area (Å²) in [6.07, 6.45) is 3.46. The summed E-state index contributed by atoms with van der Waals surface area (Å²) in [6, 6.07) is 3.83. The number of sulfone groups is 1. The summed E-state index contributed by atoms with van der Waals surface area (Å²) in [7, 11) is -3.07. The molecule has 0 bridgehead atoms. The summed E-state index contributed by atoms with van der Waals surface area (Å²) in [5, 5.41) is 3.40. The standard InChI is InChI=1S/C18H29N3O4S/c1-18(2)14-21(8-11-26(18,22)23)17(20-12-15-6-10-24-13-15)19-7-5-16-4-3-9-25-16/h3-4,9,15H,5-8,10-14H2,1-2H3,(H,19,20). The maximum atomic E-state index is 12.3. The first-order valence-corrected chi connectivity index (χ1v) is 10.9. The molecule has 0 aliphatic carbocycles. The number of ether oxygens (including phenoxy) is 1. The van der Waals surface area contributed by atoms with E-state index in [1.807, 2.05) is 12.1 Å². The third-order valence-electron chi connectivity index (χ3n) is 5.10. The number of nitrogens with zero attached hydrogens (tertiary/aromatic N) is 2. The van der Waals surface area contributed by atoms with Crippen molar-refractivity contribution in [3.63, 3.8) is 0 Å². The molecule has 0 saturated carbocycles. The highest BCUT2D eigenvalue weighted by Gasteiger charge is 2.41. The first-order valence-electron chi connectivity index (χ1n) is 9.23. The molecule has 3 rings (SSSR count). The highest BCUT2D eigenvalue weighted by molar-refractivity contribution is 7.92. The van der Waals surface area contributed by atoms with Gasteiger partial charge in [0.05, 0.1) is 23.4 Å².